The smallest absolute Gasteiger partial charge is 0.191 e. The minimum Gasteiger partial charge on any atom is -0.469 e. The molecular weight excluding hydrogens is 294 g/mol. The van der Waals surface area contributed by atoms with E-state index in [0.717, 1.165) is 70.3 Å². The monoisotopic (exact) mass is 323 g/mol. The first kappa shape index (κ1) is 17.8. The van der Waals surface area contributed by atoms with Crippen LogP contribution >= 0.6 is 0 Å². The van der Waals surface area contributed by atoms with Crippen molar-refractivity contribution in [3.8, 4) is 0 Å². The summed E-state index contributed by atoms with van der Waals surface area (Å²) in [6.45, 7) is 6.79. The zero-order valence-electron chi connectivity index (χ0n) is 14.1. The van der Waals surface area contributed by atoms with Crippen LogP contribution in [0.3, 0.4) is 0 Å². The molecule has 0 amide bonds. The van der Waals surface area contributed by atoms with E-state index in [0.29, 0.717) is 12.7 Å². The first-order valence-electron chi connectivity index (χ1n) is 8.62. The Labute approximate surface area is 138 Å². The van der Waals surface area contributed by atoms with Gasteiger partial charge in [0.05, 0.1) is 19.0 Å². The third-order valence-corrected chi connectivity index (χ3v) is 3.63. The zero-order valence-corrected chi connectivity index (χ0v) is 14.1. The van der Waals surface area contributed by atoms with Gasteiger partial charge in [0, 0.05) is 39.3 Å². The van der Waals surface area contributed by atoms with E-state index in [1.54, 1.807) is 6.26 Å². The Kier molecular flexibility index (Phi) is 8.58. The second kappa shape index (κ2) is 11.1. The molecule has 0 aromatic carbocycles. The summed E-state index contributed by atoms with van der Waals surface area (Å²) in [6, 6.07) is 3.89. The number of nitrogens with zero attached hydrogens (tertiary/aromatic N) is 1. The second-order valence-corrected chi connectivity index (χ2v) is 5.58. The molecule has 6 heteroatoms. The topological polar surface area (TPSA) is 68.0 Å². The molecule has 2 rings (SSSR count). The maximum Gasteiger partial charge on any atom is 0.191 e. The Bertz CT molecular complexity index is 428. The first-order chi connectivity index (χ1) is 11.4. The molecule has 1 unspecified atom stereocenters. The van der Waals surface area contributed by atoms with E-state index in [4.69, 9.17) is 13.9 Å². The van der Waals surface area contributed by atoms with Crippen LogP contribution in [0.4, 0.5) is 0 Å². The van der Waals surface area contributed by atoms with Crippen LogP contribution in [0.2, 0.25) is 0 Å². The summed E-state index contributed by atoms with van der Waals surface area (Å²) in [5, 5.41) is 6.56. The predicted octanol–water partition coefficient (Wildman–Crippen LogP) is 1.96. The van der Waals surface area contributed by atoms with E-state index < -0.39 is 0 Å². The lowest BCUT2D eigenvalue weighted by Gasteiger charge is -2.11. The van der Waals surface area contributed by atoms with Crippen molar-refractivity contribution in [2.24, 2.45) is 4.99 Å². The lowest BCUT2D eigenvalue weighted by molar-refractivity contribution is 0.0171. The van der Waals surface area contributed by atoms with Crippen molar-refractivity contribution in [1.29, 1.82) is 0 Å². The third-order valence-electron chi connectivity index (χ3n) is 3.63. The highest BCUT2D eigenvalue weighted by Crippen LogP contribution is 2.11. The molecule has 1 aromatic rings. The molecule has 1 saturated heterocycles. The van der Waals surface area contributed by atoms with Crippen molar-refractivity contribution in [1.82, 2.24) is 10.6 Å². The molecule has 1 fully saturated rings. The maximum atomic E-state index is 5.64. The number of nitrogens with one attached hydrogen (secondary N) is 2. The van der Waals surface area contributed by atoms with Gasteiger partial charge in [0.15, 0.2) is 5.96 Å². The largest absolute Gasteiger partial charge is 0.469 e. The van der Waals surface area contributed by atoms with Crippen LogP contribution in [0, 0.1) is 0 Å². The van der Waals surface area contributed by atoms with Crippen LogP contribution in [-0.2, 0) is 15.9 Å². The quantitative estimate of drug-likeness (QED) is 0.391. The molecule has 0 spiro atoms. The molecule has 0 saturated carbocycles. The molecule has 1 aliphatic heterocycles. The van der Waals surface area contributed by atoms with Crippen molar-refractivity contribution in [2.45, 2.75) is 38.7 Å². The van der Waals surface area contributed by atoms with Crippen LogP contribution in [0.1, 0.15) is 31.9 Å². The van der Waals surface area contributed by atoms with Crippen LogP contribution in [0.25, 0.3) is 0 Å². The lowest BCUT2D eigenvalue weighted by atomic mass is 10.2. The Balaban J connectivity index is 1.54. The number of furan rings is 1. The van der Waals surface area contributed by atoms with Crippen LogP contribution in [0.5, 0.6) is 0 Å². The Morgan fingerprint density at radius 3 is 3.13 bits per heavy atom. The fraction of sp³-hybridized carbons (Fsp3) is 0.706. The highest BCUT2D eigenvalue weighted by molar-refractivity contribution is 5.79. The average molecular weight is 323 g/mol. The number of hydrogen-bond donors (Lipinski definition) is 2. The Morgan fingerprint density at radius 2 is 2.39 bits per heavy atom. The SMILES string of the molecule is CCNC(=NCCCOCC1CCCO1)NCCc1ccco1. The van der Waals surface area contributed by atoms with Crippen molar-refractivity contribution in [2.75, 3.05) is 39.5 Å². The molecule has 1 aromatic heterocycles. The van der Waals surface area contributed by atoms with Gasteiger partial charge in [0.25, 0.3) is 0 Å². The minimum absolute atomic E-state index is 0.305. The van der Waals surface area contributed by atoms with Gasteiger partial charge < -0.3 is 24.5 Å². The first-order valence-corrected chi connectivity index (χ1v) is 8.62. The maximum absolute atomic E-state index is 5.64. The van der Waals surface area contributed by atoms with E-state index in [1.807, 2.05) is 12.1 Å². The molecule has 2 heterocycles. The average Bonchev–Trinajstić information content (AvgIpc) is 3.24. The summed E-state index contributed by atoms with van der Waals surface area (Å²) < 4.78 is 16.5. The minimum atomic E-state index is 0.305. The van der Waals surface area contributed by atoms with Crippen LogP contribution in [0.15, 0.2) is 27.8 Å². The van der Waals surface area contributed by atoms with Gasteiger partial charge in [-0.1, -0.05) is 0 Å². The summed E-state index contributed by atoms with van der Waals surface area (Å²) in [7, 11) is 0. The molecule has 6 nitrogen and oxygen atoms in total. The second-order valence-electron chi connectivity index (χ2n) is 5.58. The van der Waals surface area contributed by atoms with Gasteiger partial charge >= 0.3 is 0 Å². The van der Waals surface area contributed by atoms with Gasteiger partial charge in [-0.15, -0.1) is 0 Å². The van der Waals surface area contributed by atoms with E-state index in [1.165, 1.54) is 0 Å². The molecule has 0 bridgehead atoms. The molecule has 130 valence electrons. The number of aliphatic imine (C=N–C) groups is 1. The molecule has 0 radical (unpaired) electrons. The lowest BCUT2D eigenvalue weighted by Crippen LogP contribution is -2.38. The van der Waals surface area contributed by atoms with E-state index >= 15 is 0 Å². The Hall–Kier alpha value is -1.53. The zero-order chi connectivity index (χ0) is 16.2. The van der Waals surface area contributed by atoms with Crippen LogP contribution in [-0.4, -0.2) is 51.5 Å². The fourth-order valence-electron chi connectivity index (χ4n) is 2.45. The third kappa shape index (κ3) is 7.52. The summed E-state index contributed by atoms with van der Waals surface area (Å²) in [4.78, 5) is 4.55. The van der Waals surface area contributed by atoms with Crippen molar-refractivity contribution < 1.29 is 13.9 Å². The van der Waals surface area contributed by atoms with Crippen molar-refractivity contribution in [3.63, 3.8) is 0 Å². The van der Waals surface area contributed by atoms with Gasteiger partial charge in [0.1, 0.15) is 5.76 Å². The van der Waals surface area contributed by atoms with Crippen molar-refractivity contribution in [3.05, 3.63) is 24.2 Å². The molecular formula is C17H29N3O3. The molecule has 1 atom stereocenters. The normalized spacial score (nSPS) is 18.3. The van der Waals surface area contributed by atoms with Crippen molar-refractivity contribution >= 4 is 5.96 Å². The number of hydrogen-bond acceptors (Lipinski definition) is 4. The molecule has 0 aliphatic carbocycles. The Morgan fingerprint density at radius 1 is 1.43 bits per heavy atom. The number of rotatable bonds is 10. The highest BCUT2D eigenvalue weighted by atomic mass is 16.5. The summed E-state index contributed by atoms with van der Waals surface area (Å²) >= 11 is 0. The predicted molar refractivity (Wildman–Crippen MR) is 90.8 cm³/mol. The van der Waals surface area contributed by atoms with Crippen LogP contribution < -0.4 is 10.6 Å². The van der Waals surface area contributed by atoms with E-state index in [2.05, 4.69) is 22.5 Å². The summed E-state index contributed by atoms with van der Waals surface area (Å²) in [6.07, 6.45) is 6.06. The van der Waals surface area contributed by atoms with Gasteiger partial charge in [-0.05, 0) is 38.3 Å². The fourth-order valence-corrected chi connectivity index (χ4v) is 2.45. The summed E-state index contributed by atoms with van der Waals surface area (Å²) in [5.41, 5.74) is 0. The van der Waals surface area contributed by atoms with Gasteiger partial charge in [-0.25, -0.2) is 0 Å². The molecule has 2 N–H and O–H groups in total. The number of guanidine groups is 1. The number of ether oxygens (including phenoxy) is 2. The van der Waals surface area contributed by atoms with E-state index in [9.17, 15) is 0 Å². The standard InChI is InChI=1S/C17H29N3O3/c1-2-18-17(20-10-8-15-6-3-12-22-15)19-9-5-11-21-14-16-7-4-13-23-16/h3,6,12,16H,2,4-5,7-11,13-14H2,1H3,(H2,18,19,20). The van der Waals surface area contributed by atoms with Gasteiger partial charge in [-0.2, -0.15) is 0 Å². The summed E-state index contributed by atoms with van der Waals surface area (Å²) in [5.74, 6) is 1.83. The van der Waals surface area contributed by atoms with E-state index in [-0.39, 0.29) is 0 Å². The van der Waals surface area contributed by atoms with Gasteiger partial charge in [-0.3, -0.25) is 4.99 Å². The molecule has 1 aliphatic rings. The van der Waals surface area contributed by atoms with Gasteiger partial charge in [0.2, 0.25) is 0 Å². The molecule has 23 heavy (non-hydrogen) atoms. The highest BCUT2D eigenvalue weighted by Gasteiger charge is 2.14.